The van der Waals surface area contributed by atoms with Crippen LogP contribution in [0.15, 0.2) is 17.0 Å². The molecule has 2 unspecified atom stereocenters. The molecule has 0 aliphatic carbocycles. The number of benzene rings is 1. The Kier molecular flexibility index (Phi) is 5.59. The fourth-order valence-corrected chi connectivity index (χ4v) is 4.10. The van der Waals surface area contributed by atoms with Crippen LogP contribution < -0.4 is 10.0 Å². The third-order valence-electron chi connectivity index (χ3n) is 3.86. The van der Waals surface area contributed by atoms with Crippen LogP contribution in [0.1, 0.15) is 38.3 Å². The summed E-state index contributed by atoms with van der Waals surface area (Å²) in [5.74, 6) is 0.307. The van der Waals surface area contributed by atoms with Crippen molar-refractivity contribution in [2.24, 2.45) is 5.92 Å². The monoisotopic (exact) mass is 298 g/mol. The summed E-state index contributed by atoms with van der Waals surface area (Å²) >= 11 is 0. The van der Waals surface area contributed by atoms with Gasteiger partial charge in [-0.3, -0.25) is 0 Å². The summed E-state index contributed by atoms with van der Waals surface area (Å²) in [5.41, 5.74) is 2.45. The highest BCUT2D eigenvalue weighted by Gasteiger charge is 2.24. The predicted molar refractivity (Wildman–Crippen MR) is 84.7 cm³/mol. The maximum atomic E-state index is 12.6. The van der Waals surface area contributed by atoms with Crippen molar-refractivity contribution in [3.8, 4) is 0 Å². The van der Waals surface area contributed by atoms with Gasteiger partial charge in [-0.2, -0.15) is 0 Å². The second-order valence-electron chi connectivity index (χ2n) is 5.48. The Labute approximate surface area is 123 Å². The summed E-state index contributed by atoms with van der Waals surface area (Å²) in [7, 11) is -1.65. The molecule has 0 radical (unpaired) electrons. The van der Waals surface area contributed by atoms with Crippen molar-refractivity contribution in [3.63, 3.8) is 0 Å². The molecule has 1 aromatic carbocycles. The lowest BCUT2D eigenvalue weighted by Crippen LogP contribution is -2.37. The Morgan fingerprint density at radius 3 is 2.05 bits per heavy atom. The van der Waals surface area contributed by atoms with Gasteiger partial charge in [-0.25, -0.2) is 13.1 Å². The van der Waals surface area contributed by atoms with E-state index in [0.717, 1.165) is 23.2 Å². The molecule has 0 aromatic heterocycles. The molecule has 4 nitrogen and oxygen atoms in total. The van der Waals surface area contributed by atoms with Gasteiger partial charge in [-0.05, 0) is 49.9 Å². The van der Waals surface area contributed by atoms with Gasteiger partial charge in [0.25, 0.3) is 0 Å². The average molecular weight is 298 g/mol. The molecule has 0 fully saturated rings. The molecular weight excluding hydrogens is 272 g/mol. The molecule has 0 spiro atoms. The minimum absolute atomic E-state index is 0.0761. The van der Waals surface area contributed by atoms with Gasteiger partial charge in [-0.1, -0.05) is 20.3 Å². The van der Waals surface area contributed by atoms with Gasteiger partial charge in [0.15, 0.2) is 0 Å². The molecule has 1 rings (SSSR count). The molecule has 0 aliphatic heterocycles. The number of anilines is 1. The van der Waals surface area contributed by atoms with Gasteiger partial charge in [-0.15, -0.1) is 0 Å². The molecule has 20 heavy (non-hydrogen) atoms. The van der Waals surface area contributed by atoms with Crippen LogP contribution in [0.2, 0.25) is 0 Å². The predicted octanol–water partition coefficient (Wildman–Crippen LogP) is 3.06. The number of hydrogen-bond acceptors (Lipinski definition) is 3. The second kappa shape index (κ2) is 6.59. The standard InChI is InChI=1S/C15H26N2O2S/c1-7-10(2)13(5)17-20(18,19)15-11(3)8-14(16-6)9-12(15)4/h8-10,13,16-17H,7H2,1-6H3. The van der Waals surface area contributed by atoms with Crippen molar-refractivity contribution in [1.29, 1.82) is 0 Å². The lowest BCUT2D eigenvalue weighted by atomic mass is 10.0. The summed E-state index contributed by atoms with van der Waals surface area (Å²) in [5, 5.41) is 3.04. The van der Waals surface area contributed by atoms with Crippen LogP contribution in [0.25, 0.3) is 0 Å². The fraction of sp³-hybridized carbons (Fsp3) is 0.600. The van der Waals surface area contributed by atoms with E-state index >= 15 is 0 Å². The first-order valence-electron chi connectivity index (χ1n) is 7.04. The lowest BCUT2D eigenvalue weighted by Gasteiger charge is -2.21. The number of nitrogens with one attached hydrogen (secondary N) is 2. The lowest BCUT2D eigenvalue weighted by molar-refractivity contribution is 0.434. The van der Waals surface area contributed by atoms with Gasteiger partial charge in [0.2, 0.25) is 10.0 Å². The Hall–Kier alpha value is -1.07. The smallest absolute Gasteiger partial charge is 0.241 e. The maximum Gasteiger partial charge on any atom is 0.241 e. The van der Waals surface area contributed by atoms with E-state index in [9.17, 15) is 8.42 Å². The first-order valence-corrected chi connectivity index (χ1v) is 8.52. The summed E-state index contributed by atoms with van der Waals surface area (Å²) in [6, 6.07) is 3.64. The minimum Gasteiger partial charge on any atom is -0.388 e. The summed E-state index contributed by atoms with van der Waals surface area (Å²) < 4.78 is 27.9. The van der Waals surface area contributed by atoms with E-state index in [1.807, 2.05) is 40.0 Å². The van der Waals surface area contributed by atoms with Crippen LogP contribution in [0.4, 0.5) is 5.69 Å². The largest absolute Gasteiger partial charge is 0.388 e. The van der Waals surface area contributed by atoms with E-state index in [0.29, 0.717) is 10.8 Å². The normalized spacial score (nSPS) is 14.9. The Morgan fingerprint density at radius 2 is 1.65 bits per heavy atom. The van der Waals surface area contributed by atoms with E-state index < -0.39 is 10.0 Å². The van der Waals surface area contributed by atoms with Crippen LogP contribution in [0.3, 0.4) is 0 Å². The van der Waals surface area contributed by atoms with Crippen LogP contribution in [-0.2, 0) is 10.0 Å². The van der Waals surface area contributed by atoms with Crippen molar-refractivity contribution in [3.05, 3.63) is 23.3 Å². The highest BCUT2D eigenvalue weighted by Crippen LogP contribution is 2.25. The maximum absolute atomic E-state index is 12.6. The summed E-state index contributed by atoms with van der Waals surface area (Å²) in [6.45, 7) is 9.69. The van der Waals surface area contributed by atoms with Crippen molar-refractivity contribution in [2.75, 3.05) is 12.4 Å². The molecule has 5 heteroatoms. The van der Waals surface area contributed by atoms with Crippen molar-refractivity contribution in [1.82, 2.24) is 4.72 Å². The second-order valence-corrected chi connectivity index (χ2v) is 7.14. The number of aryl methyl sites for hydroxylation is 2. The Balaban J connectivity index is 3.16. The molecule has 2 atom stereocenters. The third-order valence-corrected chi connectivity index (χ3v) is 5.72. The molecule has 1 aromatic rings. The topological polar surface area (TPSA) is 58.2 Å². The van der Waals surface area contributed by atoms with Gasteiger partial charge in [0.1, 0.15) is 0 Å². The third kappa shape index (κ3) is 3.73. The van der Waals surface area contributed by atoms with Crippen LogP contribution in [-0.4, -0.2) is 21.5 Å². The molecule has 0 aliphatic rings. The fourth-order valence-electron chi connectivity index (χ4n) is 2.29. The molecule has 2 N–H and O–H groups in total. The highest BCUT2D eigenvalue weighted by atomic mass is 32.2. The van der Waals surface area contributed by atoms with E-state index in [1.54, 1.807) is 0 Å². The van der Waals surface area contributed by atoms with E-state index in [1.165, 1.54) is 0 Å². The molecule has 114 valence electrons. The Bertz CT molecular complexity index is 544. The molecule has 0 amide bonds. The highest BCUT2D eigenvalue weighted by molar-refractivity contribution is 7.89. The molecule has 0 heterocycles. The summed E-state index contributed by atoms with van der Waals surface area (Å²) in [4.78, 5) is 0.395. The number of sulfonamides is 1. The molecule has 0 saturated heterocycles. The first kappa shape index (κ1) is 17.0. The number of hydrogen-bond donors (Lipinski definition) is 2. The van der Waals surface area contributed by atoms with Crippen molar-refractivity contribution < 1.29 is 8.42 Å². The zero-order chi connectivity index (χ0) is 15.5. The van der Waals surface area contributed by atoms with Crippen LogP contribution in [0.5, 0.6) is 0 Å². The van der Waals surface area contributed by atoms with Gasteiger partial charge in [0.05, 0.1) is 4.90 Å². The number of rotatable bonds is 6. The molecule has 0 saturated carbocycles. The van der Waals surface area contributed by atoms with Crippen LogP contribution in [0, 0.1) is 19.8 Å². The summed E-state index contributed by atoms with van der Waals surface area (Å²) in [6.07, 6.45) is 0.945. The van der Waals surface area contributed by atoms with E-state index in [2.05, 4.69) is 23.9 Å². The quantitative estimate of drug-likeness (QED) is 0.848. The van der Waals surface area contributed by atoms with Crippen molar-refractivity contribution >= 4 is 15.7 Å². The zero-order valence-corrected chi connectivity index (χ0v) is 14.1. The van der Waals surface area contributed by atoms with Gasteiger partial charge < -0.3 is 5.32 Å². The van der Waals surface area contributed by atoms with E-state index in [-0.39, 0.29) is 6.04 Å². The zero-order valence-electron chi connectivity index (χ0n) is 13.2. The van der Waals surface area contributed by atoms with Crippen molar-refractivity contribution in [2.45, 2.75) is 52.0 Å². The van der Waals surface area contributed by atoms with Gasteiger partial charge >= 0.3 is 0 Å². The average Bonchev–Trinajstić information content (AvgIpc) is 2.35. The molecule has 0 bridgehead atoms. The van der Waals surface area contributed by atoms with E-state index in [4.69, 9.17) is 0 Å². The minimum atomic E-state index is -3.48. The molecular formula is C15H26N2O2S. The SMILES string of the molecule is CCC(C)C(C)NS(=O)(=O)c1c(C)cc(NC)cc1C. The van der Waals surface area contributed by atoms with Crippen LogP contribution >= 0.6 is 0 Å². The first-order chi connectivity index (χ1) is 9.22. The Morgan fingerprint density at radius 1 is 1.15 bits per heavy atom. The van der Waals surface area contributed by atoms with Gasteiger partial charge in [0, 0.05) is 18.8 Å².